The first-order valence-corrected chi connectivity index (χ1v) is 8.62. The number of benzene rings is 2. The fourth-order valence-corrected chi connectivity index (χ4v) is 3.20. The second-order valence-corrected chi connectivity index (χ2v) is 6.39. The Morgan fingerprint density at radius 2 is 1.81 bits per heavy atom. The van der Waals surface area contributed by atoms with E-state index in [2.05, 4.69) is 5.32 Å². The number of anilines is 1. The van der Waals surface area contributed by atoms with Gasteiger partial charge in [0, 0.05) is 28.7 Å². The van der Waals surface area contributed by atoms with E-state index in [0.717, 1.165) is 10.9 Å². The summed E-state index contributed by atoms with van der Waals surface area (Å²) in [6, 6.07) is 10.7. The van der Waals surface area contributed by atoms with Gasteiger partial charge in [0.2, 0.25) is 5.91 Å². The SMILES string of the molecule is COc1cc(OC)c(NC(=O)Cn2cc(C(C)=O)c3ccccc32)cc1Cl. The lowest BCUT2D eigenvalue weighted by molar-refractivity contribution is -0.116. The lowest BCUT2D eigenvalue weighted by Crippen LogP contribution is -2.18. The number of methoxy groups -OCH3 is 2. The van der Waals surface area contributed by atoms with Gasteiger partial charge in [-0.25, -0.2) is 0 Å². The quantitative estimate of drug-likeness (QED) is 0.646. The lowest BCUT2D eigenvalue weighted by atomic mass is 10.1. The molecule has 7 heteroatoms. The Labute approximate surface area is 161 Å². The van der Waals surface area contributed by atoms with Crippen molar-refractivity contribution in [3.63, 3.8) is 0 Å². The minimum Gasteiger partial charge on any atom is -0.495 e. The van der Waals surface area contributed by atoms with Crippen LogP contribution in [0.5, 0.6) is 11.5 Å². The van der Waals surface area contributed by atoms with Crippen LogP contribution in [0, 0.1) is 0 Å². The second-order valence-electron chi connectivity index (χ2n) is 5.98. The monoisotopic (exact) mass is 386 g/mol. The molecule has 2 aromatic carbocycles. The number of carbonyl (C=O) groups excluding carboxylic acids is 2. The standard InChI is InChI=1S/C20H19ClN2O4/c1-12(24)14-10-23(17-7-5-4-6-13(14)17)11-20(25)22-16-8-15(21)18(26-2)9-19(16)27-3/h4-10H,11H2,1-3H3,(H,22,25). The third-order valence-corrected chi connectivity index (χ3v) is 4.53. The van der Waals surface area contributed by atoms with Gasteiger partial charge >= 0.3 is 0 Å². The summed E-state index contributed by atoms with van der Waals surface area (Å²) in [6.45, 7) is 1.55. The topological polar surface area (TPSA) is 69.6 Å². The molecule has 0 bridgehead atoms. The zero-order valence-corrected chi connectivity index (χ0v) is 16.0. The van der Waals surface area contributed by atoms with Crippen LogP contribution in [-0.4, -0.2) is 30.5 Å². The largest absolute Gasteiger partial charge is 0.495 e. The minimum absolute atomic E-state index is 0.0423. The molecule has 0 aliphatic rings. The molecule has 0 atom stereocenters. The number of rotatable bonds is 6. The van der Waals surface area contributed by atoms with Crippen LogP contribution in [0.2, 0.25) is 5.02 Å². The molecule has 0 saturated heterocycles. The molecule has 0 fully saturated rings. The van der Waals surface area contributed by atoms with E-state index in [4.69, 9.17) is 21.1 Å². The summed E-state index contributed by atoms with van der Waals surface area (Å²) in [5.41, 5.74) is 1.85. The molecule has 6 nitrogen and oxygen atoms in total. The molecule has 1 aromatic heterocycles. The summed E-state index contributed by atoms with van der Waals surface area (Å²) in [6.07, 6.45) is 1.70. The van der Waals surface area contributed by atoms with Gasteiger partial charge in [-0.1, -0.05) is 29.8 Å². The van der Waals surface area contributed by atoms with Crippen LogP contribution in [0.4, 0.5) is 5.69 Å². The maximum Gasteiger partial charge on any atom is 0.244 e. The van der Waals surface area contributed by atoms with Crippen molar-refractivity contribution < 1.29 is 19.1 Å². The molecule has 140 valence electrons. The average Bonchev–Trinajstić information content (AvgIpc) is 3.01. The Hall–Kier alpha value is -2.99. The van der Waals surface area contributed by atoms with E-state index >= 15 is 0 Å². The van der Waals surface area contributed by atoms with Crippen molar-refractivity contribution in [2.24, 2.45) is 0 Å². The molecule has 0 unspecified atom stereocenters. The maximum atomic E-state index is 12.6. The Morgan fingerprint density at radius 3 is 2.48 bits per heavy atom. The number of para-hydroxylation sites is 1. The molecule has 0 aliphatic carbocycles. The van der Waals surface area contributed by atoms with Crippen LogP contribution in [0.1, 0.15) is 17.3 Å². The minimum atomic E-state index is -0.273. The number of hydrogen-bond donors (Lipinski definition) is 1. The molecule has 3 aromatic rings. The number of nitrogens with zero attached hydrogens (tertiary/aromatic N) is 1. The molecular weight excluding hydrogens is 368 g/mol. The summed E-state index contributed by atoms with van der Waals surface area (Å²) >= 11 is 6.14. The molecule has 0 saturated carbocycles. The van der Waals surface area contributed by atoms with Gasteiger partial charge in [0.15, 0.2) is 5.78 Å². The number of ketones is 1. The first-order valence-electron chi connectivity index (χ1n) is 8.24. The molecule has 27 heavy (non-hydrogen) atoms. The van der Waals surface area contributed by atoms with Gasteiger partial charge in [-0.3, -0.25) is 9.59 Å². The molecule has 0 radical (unpaired) electrons. The first kappa shape index (κ1) is 18.8. The van der Waals surface area contributed by atoms with E-state index in [0.29, 0.717) is 27.8 Å². The van der Waals surface area contributed by atoms with Gasteiger partial charge in [0.1, 0.15) is 18.0 Å². The number of Topliss-reactive ketones (excluding diaryl/α,β-unsaturated/α-hetero) is 1. The number of nitrogens with one attached hydrogen (secondary N) is 1. The number of halogens is 1. The van der Waals surface area contributed by atoms with Gasteiger partial charge in [-0.05, 0) is 19.1 Å². The molecule has 3 rings (SSSR count). The van der Waals surface area contributed by atoms with E-state index in [1.807, 2.05) is 24.3 Å². The van der Waals surface area contributed by atoms with Crippen molar-refractivity contribution in [1.29, 1.82) is 0 Å². The van der Waals surface area contributed by atoms with Crippen LogP contribution < -0.4 is 14.8 Å². The molecular formula is C20H19ClN2O4. The Balaban J connectivity index is 1.88. The normalized spacial score (nSPS) is 10.7. The number of aromatic nitrogens is 1. The highest BCUT2D eigenvalue weighted by Gasteiger charge is 2.16. The molecule has 1 N–H and O–H groups in total. The first-order chi connectivity index (χ1) is 12.9. The summed E-state index contributed by atoms with van der Waals surface area (Å²) in [4.78, 5) is 24.5. The summed E-state index contributed by atoms with van der Waals surface area (Å²) < 4.78 is 12.2. The van der Waals surface area contributed by atoms with E-state index < -0.39 is 0 Å². The Morgan fingerprint density at radius 1 is 1.11 bits per heavy atom. The van der Waals surface area contributed by atoms with Crippen LogP contribution in [0.3, 0.4) is 0 Å². The third kappa shape index (κ3) is 3.75. The number of carbonyl (C=O) groups is 2. The van der Waals surface area contributed by atoms with E-state index in [1.165, 1.54) is 21.1 Å². The zero-order chi connectivity index (χ0) is 19.6. The van der Waals surface area contributed by atoms with Crippen LogP contribution >= 0.6 is 11.6 Å². The third-order valence-electron chi connectivity index (χ3n) is 4.23. The molecule has 0 spiro atoms. The van der Waals surface area contributed by atoms with Crippen molar-refractivity contribution >= 4 is 39.9 Å². The van der Waals surface area contributed by atoms with E-state index in [1.54, 1.807) is 22.9 Å². The Bertz CT molecular complexity index is 1030. The zero-order valence-electron chi connectivity index (χ0n) is 15.2. The fourth-order valence-electron chi connectivity index (χ4n) is 2.96. The fraction of sp³-hybridized carbons (Fsp3) is 0.200. The smallest absolute Gasteiger partial charge is 0.244 e. The maximum absolute atomic E-state index is 12.6. The number of amides is 1. The van der Waals surface area contributed by atoms with Gasteiger partial charge in [0.05, 0.1) is 24.9 Å². The second kappa shape index (κ2) is 7.72. The molecule has 0 aliphatic heterocycles. The van der Waals surface area contributed by atoms with Crippen molar-refractivity contribution in [2.75, 3.05) is 19.5 Å². The number of ether oxygens (including phenoxy) is 2. The van der Waals surface area contributed by atoms with Gasteiger partial charge in [-0.15, -0.1) is 0 Å². The van der Waals surface area contributed by atoms with Gasteiger partial charge < -0.3 is 19.4 Å². The highest BCUT2D eigenvalue weighted by atomic mass is 35.5. The van der Waals surface area contributed by atoms with Crippen LogP contribution in [-0.2, 0) is 11.3 Å². The van der Waals surface area contributed by atoms with Crippen molar-refractivity contribution in [3.8, 4) is 11.5 Å². The summed E-state index contributed by atoms with van der Waals surface area (Å²) in [5.74, 6) is 0.569. The Kier molecular flexibility index (Phi) is 5.37. The van der Waals surface area contributed by atoms with E-state index in [-0.39, 0.29) is 18.2 Å². The summed E-state index contributed by atoms with van der Waals surface area (Å²) in [7, 11) is 3.00. The predicted octanol–water partition coefficient (Wildman–Crippen LogP) is 4.15. The number of hydrogen-bond acceptors (Lipinski definition) is 4. The predicted molar refractivity (Wildman–Crippen MR) is 105 cm³/mol. The molecule has 1 amide bonds. The number of fused-ring (bicyclic) bond motifs is 1. The average molecular weight is 387 g/mol. The molecule has 1 heterocycles. The van der Waals surface area contributed by atoms with Crippen molar-refractivity contribution in [3.05, 3.63) is 53.2 Å². The highest BCUT2D eigenvalue weighted by molar-refractivity contribution is 6.32. The van der Waals surface area contributed by atoms with E-state index in [9.17, 15) is 9.59 Å². The highest BCUT2D eigenvalue weighted by Crippen LogP contribution is 2.36. The lowest BCUT2D eigenvalue weighted by Gasteiger charge is -2.13. The van der Waals surface area contributed by atoms with Crippen molar-refractivity contribution in [2.45, 2.75) is 13.5 Å². The van der Waals surface area contributed by atoms with Crippen LogP contribution in [0.25, 0.3) is 10.9 Å². The summed E-state index contributed by atoms with van der Waals surface area (Å²) in [5, 5.41) is 3.98. The van der Waals surface area contributed by atoms with Gasteiger partial charge in [-0.2, -0.15) is 0 Å². The van der Waals surface area contributed by atoms with Crippen molar-refractivity contribution in [1.82, 2.24) is 4.57 Å². The van der Waals surface area contributed by atoms with Crippen LogP contribution in [0.15, 0.2) is 42.6 Å². The van der Waals surface area contributed by atoms with Gasteiger partial charge in [0.25, 0.3) is 0 Å².